The highest BCUT2D eigenvalue weighted by atomic mass is 32.1. The van der Waals surface area contributed by atoms with Crippen LogP contribution in [0.3, 0.4) is 0 Å². The quantitative estimate of drug-likeness (QED) is 0.690. The second-order valence-electron chi connectivity index (χ2n) is 5.18. The van der Waals surface area contributed by atoms with E-state index in [9.17, 15) is 9.90 Å². The number of hydrogen-bond donors (Lipinski definition) is 0. The fraction of sp³-hybridized carbons (Fsp3) is 0.176. The number of carbonyl (C=O) groups is 1. The fourth-order valence-corrected chi connectivity index (χ4v) is 3.43. The van der Waals surface area contributed by atoms with Gasteiger partial charge in [-0.05, 0) is 49.8 Å². The van der Waals surface area contributed by atoms with Crippen molar-refractivity contribution in [2.75, 3.05) is 7.11 Å². The van der Waals surface area contributed by atoms with Crippen molar-refractivity contribution in [3.8, 4) is 17.0 Å². The summed E-state index contributed by atoms with van der Waals surface area (Å²) in [5, 5.41) is 12.8. The van der Waals surface area contributed by atoms with Gasteiger partial charge in [-0.1, -0.05) is 0 Å². The van der Waals surface area contributed by atoms with Crippen LogP contribution in [0.1, 0.15) is 17.0 Å². The van der Waals surface area contributed by atoms with E-state index in [1.807, 2.05) is 41.8 Å². The fourth-order valence-electron chi connectivity index (χ4n) is 2.56. The summed E-state index contributed by atoms with van der Waals surface area (Å²) >= 11 is 1.52. The zero-order chi connectivity index (χ0) is 16.6. The Morgan fingerprint density at radius 2 is 2.17 bits per heavy atom. The molecule has 0 fully saturated rings. The molecule has 118 valence electrons. The SMILES string of the molecule is COc1ccc(-c2nc3scc(C)n3c2/C=C/C(=O)[O-])cc1C. The number of ether oxygens (including phenoxy) is 1. The summed E-state index contributed by atoms with van der Waals surface area (Å²) in [5.41, 5.74) is 4.38. The molecule has 2 heterocycles. The summed E-state index contributed by atoms with van der Waals surface area (Å²) in [5.74, 6) is -0.428. The minimum absolute atomic E-state index is 0.729. The van der Waals surface area contributed by atoms with Gasteiger partial charge in [0.2, 0.25) is 0 Å². The van der Waals surface area contributed by atoms with Crippen molar-refractivity contribution < 1.29 is 14.6 Å². The number of aromatic nitrogens is 2. The van der Waals surface area contributed by atoms with Crippen molar-refractivity contribution in [1.29, 1.82) is 0 Å². The number of aryl methyl sites for hydroxylation is 2. The van der Waals surface area contributed by atoms with E-state index in [0.29, 0.717) is 0 Å². The molecule has 1 aromatic carbocycles. The van der Waals surface area contributed by atoms with Crippen molar-refractivity contribution in [3.63, 3.8) is 0 Å². The molecule has 0 aliphatic rings. The molecular formula is C17H15N2O3S-. The molecule has 0 bridgehead atoms. The first-order valence-corrected chi connectivity index (χ1v) is 7.90. The largest absolute Gasteiger partial charge is 0.545 e. The van der Waals surface area contributed by atoms with Crippen molar-refractivity contribution in [2.45, 2.75) is 13.8 Å². The van der Waals surface area contributed by atoms with E-state index in [0.717, 1.165) is 45.0 Å². The second kappa shape index (κ2) is 5.89. The second-order valence-corrected chi connectivity index (χ2v) is 6.01. The Labute approximate surface area is 137 Å². The molecule has 0 N–H and O–H groups in total. The smallest absolute Gasteiger partial charge is 0.194 e. The molecule has 2 aromatic heterocycles. The molecule has 0 amide bonds. The molecule has 0 radical (unpaired) electrons. The molecule has 0 unspecified atom stereocenters. The van der Waals surface area contributed by atoms with E-state index in [1.54, 1.807) is 7.11 Å². The van der Waals surface area contributed by atoms with Crippen LogP contribution in [0.4, 0.5) is 0 Å². The highest BCUT2D eigenvalue weighted by molar-refractivity contribution is 7.15. The van der Waals surface area contributed by atoms with Crippen molar-refractivity contribution in [1.82, 2.24) is 9.38 Å². The molecule has 23 heavy (non-hydrogen) atoms. The van der Waals surface area contributed by atoms with Gasteiger partial charge in [-0.15, -0.1) is 11.3 Å². The lowest BCUT2D eigenvalue weighted by Gasteiger charge is -2.07. The van der Waals surface area contributed by atoms with Gasteiger partial charge in [-0.2, -0.15) is 0 Å². The highest BCUT2D eigenvalue weighted by Crippen LogP contribution is 2.31. The van der Waals surface area contributed by atoms with Crippen LogP contribution in [0.25, 0.3) is 22.3 Å². The highest BCUT2D eigenvalue weighted by Gasteiger charge is 2.15. The van der Waals surface area contributed by atoms with E-state index in [4.69, 9.17) is 4.74 Å². The van der Waals surface area contributed by atoms with E-state index >= 15 is 0 Å². The Bertz CT molecular complexity index is 921. The topological polar surface area (TPSA) is 66.7 Å². The lowest BCUT2D eigenvalue weighted by molar-refractivity contribution is -0.297. The number of fused-ring (bicyclic) bond motifs is 1. The third kappa shape index (κ3) is 2.73. The van der Waals surface area contributed by atoms with Gasteiger partial charge < -0.3 is 14.6 Å². The first-order chi connectivity index (χ1) is 11.0. The van der Waals surface area contributed by atoms with Crippen molar-refractivity contribution in [2.24, 2.45) is 0 Å². The molecule has 5 nitrogen and oxygen atoms in total. The number of nitrogens with zero attached hydrogens (tertiary/aromatic N) is 2. The summed E-state index contributed by atoms with van der Waals surface area (Å²) in [6.07, 6.45) is 2.56. The standard InChI is InChI=1S/C17H16N2O3S/c1-10-8-12(4-6-14(10)22-3)16-13(5-7-15(20)21)19-11(2)9-23-17(19)18-16/h4-9H,1-3H3,(H,20,21)/p-1/b7-5+. The van der Waals surface area contributed by atoms with Crippen LogP contribution in [0.2, 0.25) is 0 Å². The third-order valence-electron chi connectivity index (χ3n) is 3.62. The average molecular weight is 327 g/mol. The normalized spacial score (nSPS) is 11.4. The third-order valence-corrected chi connectivity index (χ3v) is 4.56. The van der Waals surface area contributed by atoms with Crippen LogP contribution in [0.15, 0.2) is 29.7 Å². The summed E-state index contributed by atoms with van der Waals surface area (Å²) in [6, 6.07) is 5.79. The van der Waals surface area contributed by atoms with E-state index < -0.39 is 5.97 Å². The zero-order valence-corrected chi connectivity index (χ0v) is 13.8. The molecule has 6 heteroatoms. The lowest BCUT2D eigenvalue weighted by atomic mass is 10.1. The van der Waals surface area contributed by atoms with Gasteiger partial charge in [0.15, 0.2) is 4.96 Å². The van der Waals surface area contributed by atoms with Crippen LogP contribution in [-0.2, 0) is 4.79 Å². The number of rotatable bonds is 4. The van der Waals surface area contributed by atoms with E-state index in [-0.39, 0.29) is 0 Å². The van der Waals surface area contributed by atoms with Gasteiger partial charge in [-0.3, -0.25) is 4.40 Å². The number of aliphatic carboxylic acids is 1. The molecule has 0 saturated heterocycles. The summed E-state index contributed by atoms with van der Waals surface area (Å²) in [7, 11) is 1.63. The number of thiazole rings is 1. The number of carboxylic acids is 1. The molecule has 3 aromatic rings. The summed E-state index contributed by atoms with van der Waals surface area (Å²) in [6.45, 7) is 3.92. The van der Waals surface area contributed by atoms with Gasteiger partial charge in [0.05, 0.1) is 24.5 Å². The van der Waals surface area contributed by atoms with Gasteiger partial charge in [0.25, 0.3) is 0 Å². The van der Waals surface area contributed by atoms with Crippen LogP contribution >= 0.6 is 11.3 Å². The summed E-state index contributed by atoms with van der Waals surface area (Å²) in [4.78, 5) is 16.3. The first kappa shape index (κ1) is 15.3. The van der Waals surface area contributed by atoms with Crippen LogP contribution in [0.5, 0.6) is 5.75 Å². The molecule has 0 aliphatic carbocycles. The monoisotopic (exact) mass is 327 g/mol. The average Bonchev–Trinajstić information content (AvgIpc) is 3.05. The molecule has 0 aliphatic heterocycles. The maximum Gasteiger partial charge on any atom is 0.194 e. The Balaban J connectivity index is 2.22. The number of hydrogen-bond acceptors (Lipinski definition) is 5. The maximum absolute atomic E-state index is 10.8. The first-order valence-electron chi connectivity index (χ1n) is 7.02. The molecule has 3 rings (SSSR count). The minimum Gasteiger partial charge on any atom is -0.545 e. The molecule has 0 atom stereocenters. The van der Waals surface area contributed by atoms with Crippen LogP contribution < -0.4 is 9.84 Å². The predicted octanol–water partition coefficient (Wildman–Crippen LogP) is 2.45. The molecule has 0 saturated carbocycles. The molecule has 0 spiro atoms. The number of carbonyl (C=O) groups excluding carboxylic acids is 1. The van der Waals surface area contributed by atoms with Crippen molar-refractivity contribution in [3.05, 3.63) is 46.6 Å². The number of carboxylic acid groups (broad SMARTS) is 1. The Hall–Kier alpha value is -2.60. The predicted molar refractivity (Wildman–Crippen MR) is 88.6 cm³/mol. The van der Waals surface area contributed by atoms with Crippen LogP contribution in [0, 0.1) is 13.8 Å². The zero-order valence-electron chi connectivity index (χ0n) is 13.0. The maximum atomic E-state index is 10.8. The van der Waals surface area contributed by atoms with Gasteiger partial charge >= 0.3 is 0 Å². The molecular weight excluding hydrogens is 312 g/mol. The van der Waals surface area contributed by atoms with Crippen LogP contribution in [-0.4, -0.2) is 22.5 Å². The van der Waals surface area contributed by atoms with Gasteiger partial charge in [-0.25, -0.2) is 4.98 Å². The number of imidazole rings is 1. The number of methoxy groups -OCH3 is 1. The van der Waals surface area contributed by atoms with Crippen molar-refractivity contribution >= 4 is 28.3 Å². The summed E-state index contributed by atoms with van der Waals surface area (Å²) < 4.78 is 7.23. The van der Waals surface area contributed by atoms with Gasteiger partial charge in [0.1, 0.15) is 5.75 Å². The number of benzene rings is 1. The lowest BCUT2D eigenvalue weighted by Crippen LogP contribution is -2.18. The Morgan fingerprint density at radius 3 is 2.83 bits per heavy atom. The Morgan fingerprint density at radius 1 is 1.39 bits per heavy atom. The van der Waals surface area contributed by atoms with E-state index in [1.165, 1.54) is 17.4 Å². The van der Waals surface area contributed by atoms with E-state index in [2.05, 4.69) is 4.98 Å². The van der Waals surface area contributed by atoms with Gasteiger partial charge in [0, 0.05) is 16.6 Å². The minimum atomic E-state index is -1.23. The Kier molecular flexibility index (Phi) is 3.92.